The number of hydrogen-bond acceptors (Lipinski definition) is 7. The fourth-order valence-electron chi connectivity index (χ4n) is 5.04. The van der Waals surface area contributed by atoms with Gasteiger partial charge in [-0.3, -0.25) is 4.90 Å². The number of thiophene rings is 1. The number of ether oxygens (including phenoxy) is 1. The number of rotatable bonds is 4. The van der Waals surface area contributed by atoms with Crippen molar-refractivity contribution in [3.05, 3.63) is 16.3 Å². The van der Waals surface area contributed by atoms with Crippen molar-refractivity contribution >= 4 is 27.4 Å². The Bertz CT molecular complexity index is 862. The van der Waals surface area contributed by atoms with Gasteiger partial charge in [0, 0.05) is 37.0 Å². The number of piperidine rings is 1. The lowest BCUT2D eigenvalue weighted by Crippen LogP contribution is -2.40. The van der Waals surface area contributed by atoms with E-state index < -0.39 is 0 Å². The molecule has 2 aromatic heterocycles. The summed E-state index contributed by atoms with van der Waals surface area (Å²) in [5, 5.41) is 11.5. The topological polar surface area (TPSA) is 61.7 Å². The first kappa shape index (κ1) is 19.7. The van der Waals surface area contributed by atoms with Crippen LogP contribution in [0.2, 0.25) is 0 Å². The highest BCUT2D eigenvalue weighted by Crippen LogP contribution is 2.40. The molecule has 0 saturated carbocycles. The molecule has 29 heavy (non-hydrogen) atoms. The van der Waals surface area contributed by atoms with Gasteiger partial charge in [-0.05, 0) is 51.0 Å². The van der Waals surface area contributed by atoms with E-state index in [9.17, 15) is 5.11 Å². The zero-order valence-electron chi connectivity index (χ0n) is 17.4. The maximum atomic E-state index is 10.2. The number of hydrogen-bond donors (Lipinski definition) is 1. The lowest BCUT2D eigenvalue weighted by molar-refractivity contribution is 0.0331. The van der Waals surface area contributed by atoms with Crippen LogP contribution in [0.15, 0.2) is 0 Å². The van der Waals surface area contributed by atoms with Crippen LogP contribution in [0.4, 0.5) is 5.82 Å². The van der Waals surface area contributed by atoms with E-state index in [-0.39, 0.29) is 6.10 Å². The van der Waals surface area contributed by atoms with Crippen LogP contribution in [-0.4, -0.2) is 65.5 Å². The minimum Gasteiger partial charge on any atom is -0.393 e. The van der Waals surface area contributed by atoms with Crippen LogP contribution in [0.5, 0.6) is 0 Å². The molecule has 3 aliphatic rings. The minimum atomic E-state index is -0.265. The summed E-state index contributed by atoms with van der Waals surface area (Å²) in [4.78, 5) is 17.7. The summed E-state index contributed by atoms with van der Waals surface area (Å²) in [7, 11) is 0. The van der Waals surface area contributed by atoms with E-state index in [4.69, 9.17) is 14.7 Å². The standard InChI is InChI=1S/C22H32N4O2S/c1-15(27)16-5-4-8-26(13-16)21-20-17-6-2-3-7-18(17)29-22(20)24-19(23-21)14-25-9-11-28-12-10-25/h15-16,27H,2-14H2,1H3. The molecule has 2 saturated heterocycles. The second kappa shape index (κ2) is 8.46. The second-order valence-corrected chi connectivity index (χ2v) is 9.92. The Kier molecular flexibility index (Phi) is 5.74. The van der Waals surface area contributed by atoms with Gasteiger partial charge in [0.15, 0.2) is 0 Å². The van der Waals surface area contributed by atoms with Crippen molar-refractivity contribution in [2.45, 2.75) is 58.1 Å². The van der Waals surface area contributed by atoms with E-state index >= 15 is 0 Å². The van der Waals surface area contributed by atoms with Gasteiger partial charge >= 0.3 is 0 Å². The Morgan fingerprint density at radius 1 is 1.14 bits per heavy atom. The highest BCUT2D eigenvalue weighted by Gasteiger charge is 2.29. The molecule has 0 radical (unpaired) electrons. The summed E-state index contributed by atoms with van der Waals surface area (Å²) in [5.74, 6) is 2.39. The number of aliphatic hydroxyl groups excluding tert-OH is 1. The molecule has 5 rings (SSSR count). The van der Waals surface area contributed by atoms with Crippen molar-refractivity contribution in [3.8, 4) is 0 Å². The summed E-state index contributed by atoms with van der Waals surface area (Å²) >= 11 is 1.89. The number of aliphatic hydroxyl groups is 1. The number of morpholine rings is 1. The Hall–Kier alpha value is -1.28. The van der Waals surface area contributed by atoms with E-state index in [1.54, 1.807) is 0 Å². The first-order valence-corrected chi connectivity index (χ1v) is 12.0. The molecule has 2 unspecified atom stereocenters. The summed E-state index contributed by atoms with van der Waals surface area (Å²) in [6, 6.07) is 0. The van der Waals surface area contributed by atoms with Crippen molar-refractivity contribution in [1.82, 2.24) is 14.9 Å². The third kappa shape index (κ3) is 4.02. The molecule has 0 aromatic carbocycles. The Labute approximate surface area is 176 Å². The van der Waals surface area contributed by atoms with Gasteiger partial charge < -0.3 is 14.7 Å². The molecule has 2 atom stereocenters. The lowest BCUT2D eigenvalue weighted by Gasteiger charge is -2.35. The van der Waals surface area contributed by atoms with E-state index in [1.807, 2.05) is 18.3 Å². The van der Waals surface area contributed by atoms with Crippen molar-refractivity contribution in [3.63, 3.8) is 0 Å². The molecule has 2 aromatic rings. The zero-order valence-corrected chi connectivity index (χ0v) is 18.2. The number of anilines is 1. The van der Waals surface area contributed by atoms with Gasteiger partial charge in [0.2, 0.25) is 0 Å². The van der Waals surface area contributed by atoms with Crippen LogP contribution in [-0.2, 0) is 24.1 Å². The maximum Gasteiger partial charge on any atom is 0.146 e. The second-order valence-electron chi connectivity index (χ2n) is 8.83. The third-order valence-corrected chi connectivity index (χ3v) is 7.94. The van der Waals surface area contributed by atoms with E-state index in [2.05, 4.69) is 9.80 Å². The van der Waals surface area contributed by atoms with Crippen LogP contribution in [0.3, 0.4) is 0 Å². The molecule has 0 amide bonds. The minimum absolute atomic E-state index is 0.265. The smallest absolute Gasteiger partial charge is 0.146 e. The normalized spacial score (nSPS) is 24.6. The number of fused-ring (bicyclic) bond motifs is 3. The van der Waals surface area contributed by atoms with Gasteiger partial charge in [0.25, 0.3) is 0 Å². The van der Waals surface area contributed by atoms with Crippen molar-refractivity contribution in [1.29, 1.82) is 0 Å². The quantitative estimate of drug-likeness (QED) is 0.827. The highest BCUT2D eigenvalue weighted by atomic mass is 32.1. The molecule has 6 nitrogen and oxygen atoms in total. The van der Waals surface area contributed by atoms with E-state index in [0.29, 0.717) is 5.92 Å². The fraction of sp³-hybridized carbons (Fsp3) is 0.727. The molecule has 0 bridgehead atoms. The van der Waals surface area contributed by atoms with E-state index in [0.717, 1.165) is 76.8 Å². The van der Waals surface area contributed by atoms with Crippen LogP contribution in [0.25, 0.3) is 10.2 Å². The third-order valence-electron chi connectivity index (χ3n) is 6.75. The van der Waals surface area contributed by atoms with Crippen LogP contribution in [0, 0.1) is 5.92 Å². The van der Waals surface area contributed by atoms with Gasteiger partial charge in [-0.15, -0.1) is 11.3 Å². The summed E-state index contributed by atoms with van der Waals surface area (Å²) in [6.07, 6.45) is 6.85. The average molecular weight is 417 g/mol. The monoisotopic (exact) mass is 416 g/mol. The zero-order chi connectivity index (χ0) is 19.8. The van der Waals surface area contributed by atoms with Crippen molar-refractivity contribution in [2.24, 2.45) is 5.92 Å². The number of nitrogens with zero attached hydrogens (tertiary/aromatic N) is 4. The van der Waals surface area contributed by atoms with Crippen molar-refractivity contribution < 1.29 is 9.84 Å². The largest absolute Gasteiger partial charge is 0.393 e. The molecule has 1 N–H and O–H groups in total. The fourth-order valence-corrected chi connectivity index (χ4v) is 6.31. The van der Waals surface area contributed by atoms with Gasteiger partial charge in [0.1, 0.15) is 16.5 Å². The first-order chi connectivity index (χ1) is 14.2. The molecule has 158 valence electrons. The van der Waals surface area contributed by atoms with Crippen molar-refractivity contribution in [2.75, 3.05) is 44.3 Å². The van der Waals surface area contributed by atoms with Gasteiger partial charge in [-0.25, -0.2) is 9.97 Å². The Morgan fingerprint density at radius 3 is 2.79 bits per heavy atom. The van der Waals surface area contributed by atoms with Crippen LogP contribution >= 0.6 is 11.3 Å². The summed E-state index contributed by atoms with van der Waals surface area (Å²) in [6.45, 7) is 8.14. The highest BCUT2D eigenvalue weighted by molar-refractivity contribution is 7.19. The SMILES string of the molecule is CC(O)C1CCCN(c2nc(CN3CCOCC3)nc3sc4c(c23)CCCC4)C1. The number of aryl methyl sites for hydroxylation is 2. The molecule has 0 spiro atoms. The number of aromatic nitrogens is 2. The van der Waals surface area contributed by atoms with Crippen LogP contribution < -0.4 is 4.90 Å². The Balaban J connectivity index is 1.54. The van der Waals surface area contributed by atoms with E-state index in [1.165, 1.54) is 39.9 Å². The molecule has 2 aliphatic heterocycles. The molecule has 2 fully saturated rings. The maximum absolute atomic E-state index is 10.2. The molecule has 1 aliphatic carbocycles. The van der Waals surface area contributed by atoms with Gasteiger partial charge in [-0.1, -0.05) is 0 Å². The van der Waals surface area contributed by atoms with Gasteiger partial charge in [-0.2, -0.15) is 0 Å². The molecule has 7 heteroatoms. The predicted octanol–water partition coefficient (Wildman–Crippen LogP) is 3.00. The first-order valence-electron chi connectivity index (χ1n) is 11.2. The summed E-state index contributed by atoms with van der Waals surface area (Å²) < 4.78 is 5.50. The van der Waals surface area contributed by atoms with Gasteiger partial charge in [0.05, 0.1) is 31.2 Å². The molecular weight excluding hydrogens is 384 g/mol. The predicted molar refractivity (Wildman–Crippen MR) is 117 cm³/mol. The average Bonchev–Trinajstić information content (AvgIpc) is 3.12. The van der Waals surface area contributed by atoms with Crippen LogP contribution in [0.1, 0.15) is 48.9 Å². The molecular formula is C22H32N4O2S. The summed E-state index contributed by atoms with van der Waals surface area (Å²) in [5.41, 5.74) is 1.50. The Morgan fingerprint density at radius 2 is 1.97 bits per heavy atom. The molecule has 4 heterocycles. The lowest BCUT2D eigenvalue weighted by atomic mass is 9.92.